The second-order valence-electron chi connectivity index (χ2n) is 5.57. The fourth-order valence-corrected chi connectivity index (χ4v) is 2.95. The lowest BCUT2D eigenvalue weighted by Gasteiger charge is -2.16. The number of nitrogens with one attached hydrogen (secondary N) is 1. The van der Waals surface area contributed by atoms with Crippen molar-refractivity contribution in [3.05, 3.63) is 28.8 Å². The van der Waals surface area contributed by atoms with E-state index in [9.17, 15) is 4.79 Å². The van der Waals surface area contributed by atoms with Gasteiger partial charge in [-0.1, -0.05) is 0 Å². The summed E-state index contributed by atoms with van der Waals surface area (Å²) < 4.78 is 9.20. The highest BCUT2D eigenvalue weighted by molar-refractivity contribution is 5.95. The Balaban J connectivity index is 1.75. The standard InChI is InChI=1S/C14H20N6O2/c1-9-6-12(10(2)20(9)11-4-5-22-8-11)14(21)15-7-13-16-17-18-19(13)3/h6,11H,4-5,7-8H2,1-3H3,(H,15,21). The molecule has 1 unspecified atom stereocenters. The quantitative estimate of drug-likeness (QED) is 0.890. The number of amides is 1. The maximum atomic E-state index is 12.4. The summed E-state index contributed by atoms with van der Waals surface area (Å²) in [4.78, 5) is 12.4. The number of hydrogen-bond donors (Lipinski definition) is 1. The van der Waals surface area contributed by atoms with Crippen LogP contribution < -0.4 is 5.32 Å². The number of aromatic nitrogens is 5. The van der Waals surface area contributed by atoms with Crippen LogP contribution >= 0.6 is 0 Å². The number of nitrogens with zero attached hydrogens (tertiary/aromatic N) is 5. The van der Waals surface area contributed by atoms with Crippen LogP contribution in [0.2, 0.25) is 0 Å². The normalized spacial score (nSPS) is 17.9. The van der Waals surface area contributed by atoms with E-state index in [1.807, 2.05) is 19.9 Å². The smallest absolute Gasteiger partial charge is 0.253 e. The zero-order valence-corrected chi connectivity index (χ0v) is 13.0. The zero-order chi connectivity index (χ0) is 15.7. The van der Waals surface area contributed by atoms with Crippen molar-refractivity contribution < 1.29 is 9.53 Å². The van der Waals surface area contributed by atoms with Crippen molar-refractivity contribution in [2.75, 3.05) is 13.2 Å². The number of carbonyl (C=O) groups excluding carboxylic acids is 1. The largest absolute Gasteiger partial charge is 0.379 e. The SMILES string of the molecule is Cc1cc(C(=O)NCc2nnnn2C)c(C)n1C1CCOC1. The van der Waals surface area contributed by atoms with Crippen molar-refractivity contribution in [3.8, 4) is 0 Å². The molecule has 8 heteroatoms. The summed E-state index contributed by atoms with van der Waals surface area (Å²) in [5.74, 6) is 0.507. The van der Waals surface area contributed by atoms with Gasteiger partial charge in [-0.15, -0.1) is 5.10 Å². The van der Waals surface area contributed by atoms with Gasteiger partial charge in [0.05, 0.1) is 24.8 Å². The first-order valence-electron chi connectivity index (χ1n) is 7.33. The predicted octanol–water partition coefficient (Wildman–Crippen LogP) is 0.520. The molecular formula is C14H20N6O2. The molecule has 3 heterocycles. The average Bonchev–Trinajstić information content (AvgIpc) is 3.18. The fraction of sp³-hybridized carbons (Fsp3) is 0.571. The minimum atomic E-state index is -0.110. The number of carbonyl (C=O) groups is 1. The monoisotopic (exact) mass is 304 g/mol. The highest BCUT2D eigenvalue weighted by atomic mass is 16.5. The van der Waals surface area contributed by atoms with Gasteiger partial charge in [0, 0.05) is 25.0 Å². The van der Waals surface area contributed by atoms with E-state index in [2.05, 4.69) is 25.4 Å². The predicted molar refractivity (Wildman–Crippen MR) is 78.3 cm³/mol. The Kier molecular flexibility index (Phi) is 3.93. The molecule has 3 rings (SSSR count). The maximum Gasteiger partial charge on any atom is 0.253 e. The summed E-state index contributed by atoms with van der Waals surface area (Å²) in [7, 11) is 1.74. The average molecular weight is 304 g/mol. The van der Waals surface area contributed by atoms with E-state index in [1.165, 1.54) is 0 Å². The lowest BCUT2D eigenvalue weighted by atomic mass is 10.2. The van der Waals surface area contributed by atoms with Crippen molar-refractivity contribution in [1.29, 1.82) is 0 Å². The van der Waals surface area contributed by atoms with Gasteiger partial charge in [-0.3, -0.25) is 4.79 Å². The van der Waals surface area contributed by atoms with Gasteiger partial charge in [-0.05, 0) is 36.8 Å². The third-order valence-electron chi connectivity index (χ3n) is 4.11. The maximum absolute atomic E-state index is 12.4. The molecule has 1 fully saturated rings. The lowest BCUT2D eigenvalue weighted by Crippen LogP contribution is -2.25. The van der Waals surface area contributed by atoms with Crippen molar-refractivity contribution >= 4 is 5.91 Å². The molecule has 0 saturated carbocycles. The molecule has 0 aliphatic carbocycles. The minimum Gasteiger partial charge on any atom is -0.379 e. The summed E-state index contributed by atoms with van der Waals surface area (Å²) >= 11 is 0. The first-order valence-corrected chi connectivity index (χ1v) is 7.33. The molecular weight excluding hydrogens is 284 g/mol. The fourth-order valence-electron chi connectivity index (χ4n) is 2.95. The van der Waals surface area contributed by atoms with E-state index in [4.69, 9.17) is 4.74 Å². The first-order chi connectivity index (χ1) is 10.6. The van der Waals surface area contributed by atoms with E-state index in [1.54, 1.807) is 11.7 Å². The number of hydrogen-bond acceptors (Lipinski definition) is 5. The second-order valence-corrected chi connectivity index (χ2v) is 5.57. The second kappa shape index (κ2) is 5.88. The first kappa shape index (κ1) is 14.7. The lowest BCUT2D eigenvalue weighted by molar-refractivity contribution is 0.0948. The molecule has 0 spiro atoms. The van der Waals surface area contributed by atoms with Crippen molar-refractivity contribution in [2.24, 2.45) is 7.05 Å². The molecule has 1 N–H and O–H groups in total. The highest BCUT2D eigenvalue weighted by Gasteiger charge is 2.24. The number of aryl methyl sites for hydroxylation is 2. The van der Waals surface area contributed by atoms with Gasteiger partial charge < -0.3 is 14.6 Å². The molecule has 0 aromatic carbocycles. The molecule has 1 amide bonds. The third kappa shape index (κ3) is 2.61. The highest BCUT2D eigenvalue weighted by Crippen LogP contribution is 2.26. The molecule has 2 aromatic rings. The van der Waals surface area contributed by atoms with Crippen LogP contribution in [0, 0.1) is 13.8 Å². The molecule has 1 atom stereocenters. The summed E-state index contributed by atoms with van der Waals surface area (Å²) in [6.07, 6.45) is 0.988. The van der Waals surface area contributed by atoms with E-state index in [0.29, 0.717) is 30.6 Å². The molecule has 118 valence electrons. The summed E-state index contributed by atoms with van der Waals surface area (Å²) in [6, 6.07) is 2.25. The Bertz CT molecular complexity index is 684. The Labute approximate surface area is 128 Å². The van der Waals surface area contributed by atoms with E-state index in [-0.39, 0.29) is 5.91 Å². The van der Waals surface area contributed by atoms with Crippen LogP contribution in [-0.4, -0.2) is 43.9 Å². The Morgan fingerprint density at radius 3 is 2.95 bits per heavy atom. The molecule has 22 heavy (non-hydrogen) atoms. The van der Waals surface area contributed by atoms with Crippen LogP contribution in [0.25, 0.3) is 0 Å². The topological polar surface area (TPSA) is 86.9 Å². The molecule has 2 aromatic heterocycles. The zero-order valence-electron chi connectivity index (χ0n) is 13.0. The van der Waals surface area contributed by atoms with Crippen LogP contribution in [0.3, 0.4) is 0 Å². The molecule has 8 nitrogen and oxygen atoms in total. The Morgan fingerprint density at radius 2 is 2.32 bits per heavy atom. The summed E-state index contributed by atoms with van der Waals surface area (Å²) in [5.41, 5.74) is 2.75. The van der Waals surface area contributed by atoms with Gasteiger partial charge in [0.15, 0.2) is 5.82 Å². The number of tetrazole rings is 1. The van der Waals surface area contributed by atoms with Crippen LogP contribution in [0.5, 0.6) is 0 Å². The van der Waals surface area contributed by atoms with Crippen molar-refractivity contribution in [3.63, 3.8) is 0 Å². The molecule has 1 saturated heterocycles. The molecule has 0 radical (unpaired) electrons. The van der Waals surface area contributed by atoms with E-state index < -0.39 is 0 Å². The summed E-state index contributed by atoms with van der Waals surface area (Å²) in [5, 5.41) is 14.0. The van der Waals surface area contributed by atoms with Crippen molar-refractivity contribution in [1.82, 2.24) is 30.1 Å². The van der Waals surface area contributed by atoms with Gasteiger partial charge in [0.25, 0.3) is 5.91 Å². The van der Waals surface area contributed by atoms with E-state index in [0.717, 1.165) is 24.4 Å². The van der Waals surface area contributed by atoms with E-state index >= 15 is 0 Å². The van der Waals surface area contributed by atoms with Crippen molar-refractivity contribution in [2.45, 2.75) is 32.9 Å². The van der Waals surface area contributed by atoms with Gasteiger partial charge >= 0.3 is 0 Å². The minimum absolute atomic E-state index is 0.110. The molecule has 0 bridgehead atoms. The Morgan fingerprint density at radius 1 is 1.50 bits per heavy atom. The van der Waals surface area contributed by atoms with Crippen LogP contribution in [-0.2, 0) is 18.3 Å². The van der Waals surface area contributed by atoms with Gasteiger partial charge in [-0.25, -0.2) is 4.68 Å². The third-order valence-corrected chi connectivity index (χ3v) is 4.11. The molecule has 1 aliphatic heterocycles. The van der Waals surface area contributed by atoms with Gasteiger partial charge in [0.1, 0.15) is 0 Å². The Hall–Kier alpha value is -2.22. The number of ether oxygens (including phenoxy) is 1. The van der Waals surface area contributed by atoms with Gasteiger partial charge in [0.2, 0.25) is 0 Å². The van der Waals surface area contributed by atoms with Crippen LogP contribution in [0.4, 0.5) is 0 Å². The van der Waals surface area contributed by atoms with Crippen LogP contribution in [0.15, 0.2) is 6.07 Å². The van der Waals surface area contributed by atoms with Gasteiger partial charge in [-0.2, -0.15) is 0 Å². The number of rotatable bonds is 4. The van der Waals surface area contributed by atoms with Crippen LogP contribution in [0.1, 0.15) is 40.0 Å². The molecule has 1 aliphatic rings. The summed E-state index contributed by atoms with van der Waals surface area (Å²) in [6.45, 7) is 5.79.